The fourth-order valence-electron chi connectivity index (χ4n) is 1.86. The van der Waals surface area contributed by atoms with Crippen LogP contribution in [-0.2, 0) is 14.9 Å². The summed E-state index contributed by atoms with van der Waals surface area (Å²) in [6, 6.07) is -0.644. The maximum Gasteiger partial charge on any atom is 0.323 e. The molecule has 1 aromatic heterocycles. The molecule has 5 nitrogen and oxygen atoms in total. The number of hydrogen-bond donors (Lipinski definition) is 1. The third-order valence-corrected chi connectivity index (χ3v) is 3.13. The smallest absolute Gasteiger partial charge is 0.323 e. The van der Waals surface area contributed by atoms with Crippen LogP contribution in [0.4, 0.5) is 0 Å². The van der Waals surface area contributed by atoms with Gasteiger partial charge in [-0.1, -0.05) is 0 Å². The molecule has 1 atom stereocenters. The van der Waals surface area contributed by atoms with Gasteiger partial charge in [0.05, 0.1) is 18.5 Å². The monoisotopic (exact) mass is 221 g/mol. The van der Waals surface area contributed by atoms with Gasteiger partial charge in [0.1, 0.15) is 6.04 Å². The number of ether oxygens (including phenoxy) is 1. The van der Waals surface area contributed by atoms with Crippen LogP contribution in [0.25, 0.3) is 0 Å². The molecule has 0 amide bonds. The van der Waals surface area contributed by atoms with Crippen molar-refractivity contribution in [3.63, 3.8) is 0 Å². The van der Waals surface area contributed by atoms with Crippen LogP contribution in [0.1, 0.15) is 24.2 Å². The Morgan fingerprint density at radius 1 is 1.50 bits per heavy atom. The first-order chi connectivity index (χ1) is 7.60. The van der Waals surface area contributed by atoms with E-state index in [9.17, 15) is 4.79 Å². The minimum Gasteiger partial charge on any atom is -0.468 e. The van der Waals surface area contributed by atoms with Gasteiger partial charge in [0.2, 0.25) is 0 Å². The second kappa shape index (κ2) is 3.83. The topological polar surface area (TPSA) is 78.1 Å². The highest BCUT2D eigenvalue weighted by Gasteiger charge is 2.54. The van der Waals surface area contributed by atoms with E-state index in [4.69, 9.17) is 5.73 Å². The molecule has 16 heavy (non-hydrogen) atoms. The van der Waals surface area contributed by atoms with E-state index >= 15 is 0 Å². The van der Waals surface area contributed by atoms with Gasteiger partial charge in [0.15, 0.2) is 0 Å². The minimum absolute atomic E-state index is 0.353. The molecule has 1 aliphatic rings. The van der Waals surface area contributed by atoms with E-state index < -0.39 is 6.04 Å². The zero-order chi connectivity index (χ0) is 11.8. The van der Waals surface area contributed by atoms with Crippen molar-refractivity contribution in [2.75, 3.05) is 7.11 Å². The molecular formula is C11H15N3O2. The first-order valence-electron chi connectivity index (χ1n) is 5.23. The number of nitrogens with two attached hydrogens (primary N) is 1. The molecule has 2 N–H and O–H groups in total. The fraction of sp³-hybridized carbons (Fsp3) is 0.545. The highest BCUT2D eigenvalue weighted by Crippen LogP contribution is 2.49. The Labute approximate surface area is 94.0 Å². The molecule has 1 aromatic rings. The Morgan fingerprint density at radius 2 is 2.19 bits per heavy atom. The van der Waals surface area contributed by atoms with Crippen LogP contribution in [0.5, 0.6) is 0 Å². The van der Waals surface area contributed by atoms with Crippen LogP contribution in [0.15, 0.2) is 12.4 Å². The van der Waals surface area contributed by atoms with E-state index in [1.807, 2.05) is 6.92 Å². The number of carbonyl (C=O) groups is 1. The van der Waals surface area contributed by atoms with E-state index in [0.717, 1.165) is 24.2 Å². The zero-order valence-corrected chi connectivity index (χ0v) is 9.43. The van der Waals surface area contributed by atoms with Gasteiger partial charge in [-0.3, -0.25) is 14.8 Å². The van der Waals surface area contributed by atoms with Gasteiger partial charge < -0.3 is 10.5 Å². The Morgan fingerprint density at radius 3 is 2.62 bits per heavy atom. The highest BCUT2D eigenvalue weighted by atomic mass is 16.5. The van der Waals surface area contributed by atoms with E-state index in [2.05, 4.69) is 14.7 Å². The molecule has 0 bridgehead atoms. The van der Waals surface area contributed by atoms with E-state index in [0.29, 0.717) is 0 Å². The Hall–Kier alpha value is -1.49. The molecule has 0 spiro atoms. The lowest BCUT2D eigenvalue weighted by atomic mass is 9.93. The number of rotatable bonds is 3. The molecule has 0 aromatic carbocycles. The number of aryl methyl sites for hydroxylation is 1. The number of nitrogens with zero attached hydrogens (tertiary/aromatic N) is 2. The number of carbonyl (C=O) groups excluding carboxylic acids is 1. The molecule has 1 fully saturated rings. The summed E-state index contributed by atoms with van der Waals surface area (Å²) >= 11 is 0. The summed E-state index contributed by atoms with van der Waals surface area (Å²) < 4.78 is 4.67. The van der Waals surface area contributed by atoms with Crippen LogP contribution in [0.3, 0.4) is 0 Å². The number of esters is 1. The largest absolute Gasteiger partial charge is 0.468 e. The van der Waals surface area contributed by atoms with Crippen molar-refractivity contribution in [3.8, 4) is 0 Å². The molecule has 1 unspecified atom stereocenters. The van der Waals surface area contributed by atoms with E-state index in [-0.39, 0.29) is 11.4 Å². The van der Waals surface area contributed by atoms with E-state index in [1.165, 1.54) is 7.11 Å². The van der Waals surface area contributed by atoms with Crippen LogP contribution in [0, 0.1) is 6.92 Å². The first kappa shape index (κ1) is 11.0. The third-order valence-electron chi connectivity index (χ3n) is 3.13. The van der Waals surface area contributed by atoms with Crippen molar-refractivity contribution in [1.82, 2.24) is 9.97 Å². The molecule has 0 saturated heterocycles. The Bertz CT molecular complexity index is 398. The second-order valence-corrected chi connectivity index (χ2v) is 4.20. The molecule has 0 aliphatic heterocycles. The summed E-state index contributed by atoms with van der Waals surface area (Å²) in [7, 11) is 1.35. The minimum atomic E-state index is -0.644. The normalized spacial score (nSPS) is 18.9. The summed E-state index contributed by atoms with van der Waals surface area (Å²) in [6.45, 7) is 1.87. The van der Waals surface area contributed by atoms with E-state index in [1.54, 1.807) is 12.4 Å². The average Bonchev–Trinajstić information content (AvgIpc) is 3.09. The van der Waals surface area contributed by atoms with Crippen molar-refractivity contribution in [1.29, 1.82) is 0 Å². The fourth-order valence-corrected chi connectivity index (χ4v) is 1.86. The number of aromatic nitrogens is 2. The zero-order valence-electron chi connectivity index (χ0n) is 9.43. The van der Waals surface area contributed by atoms with Gasteiger partial charge in [0.25, 0.3) is 0 Å². The molecule has 86 valence electrons. The second-order valence-electron chi connectivity index (χ2n) is 4.20. The van der Waals surface area contributed by atoms with Gasteiger partial charge >= 0.3 is 5.97 Å². The van der Waals surface area contributed by atoms with Crippen molar-refractivity contribution < 1.29 is 9.53 Å². The maximum atomic E-state index is 11.4. The van der Waals surface area contributed by atoms with Gasteiger partial charge in [-0.25, -0.2) is 0 Å². The molecular weight excluding hydrogens is 206 g/mol. The van der Waals surface area contributed by atoms with Gasteiger partial charge in [-0.15, -0.1) is 0 Å². The van der Waals surface area contributed by atoms with Crippen LogP contribution < -0.4 is 5.73 Å². The number of hydrogen-bond acceptors (Lipinski definition) is 5. The van der Waals surface area contributed by atoms with Gasteiger partial charge in [-0.2, -0.15) is 0 Å². The molecule has 1 saturated carbocycles. The summed E-state index contributed by atoms with van der Waals surface area (Å²) in [5.74, 6) is -0.389. The Kier molecular flexibility index (Phi) is 2.63. The summed E-state index contributed by atoms with van der Waals surface area (Å²) in [5.41, 5.74) is 7.18. The highest BCUT2D eigenvalue weighted by molar-refractivity contribution is 5.78. The number of methoxy groups -OCH3 is 1. The lowest BCUT2D eigenvalue weighted by molar-refractivity contribution is -0.143. The maximum absolute atomic E-state index is 11.4. The first-order valence-corrected chi connectivity index (χ1v) is 5.23. The predicted molar refractivity (Wildman–Crippen MR) is 57.7 cm³/mol. The summed E-state index contributed by atoms with van der Waals surface area (Å²) in [6.07, 6.45) is 5.12. The molecule has 0 radical (unpaired) electrons. The standard InChI is InChI=1S/C11H15N3O2/c1-7-5-14-8(6-13-7)11(3-4-11)9(12)10(15)16-2/h5-6,9H,3-4,12H2,1-2H3. The van der Waals surface area contributed by atoms with Gasteiger partial charge in [-0.05, 0) is 19.8 Å². The predicted octanol–water partition coefficient (Wildman–Crippen LogP) is 0.317. The quantitative estimate of drug-likeness (QED) is 0.743. The SMILES string of the molecule is COC(=O)C(N)C1(c2cnc(C)cn2)CC1. The average molecular weight is 221 g/mol. The molecule has 5 heteroatoms. The van der Waals surface area contributed by atoms with Crippen LogP contribution in [-0.4, -0.2) is 29.1 Å². The third kappa shape index (κ3) is 1.67. The van der Waals surface area contributed by atoms with Crippen molar-refractivity contribution in [2.45, 2.75) is 31.2 Å². The molecule has 1 heterocycles. The molecule has 1 aliphatic carbocycles. The lowest BCUT2D eigenvalue weighted by Gasteiger charge is -2.20. The Balaban J connectivity index is 2.26. The van der Waals surface area contributed by atoms with Crippen LogP contribution in [0.2, 0.25) is 0 Å². The van der Waals surface area contributed by atoms with Gasteiger partial charge in [0, 0.05) is 17.8 Å². The molecule has 2 rings (SSSR count). The van der Waals surface area contributed by atoms with Crippen molar-refractivity contribution >= 4 is 5.97 Å². The van der Waals surface area contributed by atoms with Crippen molar-refractivity contribution in [2.24, 2.45) is 5.73 Å². The summed E-state index contributed by atoms with van der Waals surface area (Å²) in [5, 5.41) is 0. The summed E-state index contributed by atoms with van der Waals surface area (Å²) in [4.78, 5) is 19.9. The van der Waals surface area contributed by atoms with Crippen LogP contribution >= 0.6 is 0 Å². The lowest BCUT2D eigenvalue weighted by Crippen LogP contribution is -2.43. The van der Waals surface area contributed by atoms with Crippen molar-refractivity contribution in [3.05, 3.63) is 23.8 Å².